The van der Waals surface area contributed by atoms with Crippen LogP contribution in [0.3, 0.4) is 0 Å². The number of carbonyl (C=O) groups excluding carboxylic acids is 2. The number of rotatable bonds is 4. The number of carbonyl (C=O) groups is 2. The molecule has 0 spiro atoms. The molecule has 0 aliphatic heterocycles. The molecule has 0 aliphatic carbocycles. The third-order valence-corrected chi connectivity index (χ3v) is 3.77. The summed E-state index contributed by atoms with van der Waals surface area (Å²) in [6, 6.07) is 2.46. The lowest BCUT2D eigenvalue weighted by molar-refractivity contribution is 0.0600. The number of ether oxygens (including phenoxy) is 1. The van der Waals surface area contributed by atoms with Crippen LogP contribution in [-0.2, 0) is 14.8 Å². The lowest BCUT2D eigenvalue weighted by atomic mass is 10.2. The van der Waals surface area contributed by atoms with Gasteiger partial charge in [0.25, 0.3) is 10.0 Å². The van der Waals surface area contributed by atoms with Crippen molar-refractivity contribution >= 4 is 27.7 Å². The molecule has 1 aromatic rings. The van der Waals surface area contributed by atoms with E-state index < -0.39 is 22.0 Å². The van der Waals surface area contributed by atoms with Crippen molar-refractivity contribution in [2.45, 2.75) is 24.8 Å². The first-order valence-electron chi connectivity index (χ1n) is 5.98. The first kappa shape index (κ1) is 16.8. The Kier molecular flexibility index (Phi) is 5.14. The van der Waals surface area contributed by atoms with Crippen molar-refractivity contribution in [3.63, 3.8) is 0 Å². The highest BCUT2D eigenvalue weighted by Gasteiger charge is 2.21. The van der Waals surface area contributed by atoms with Crippen LogP contribution in [0.1, 0.15) is 24.2 Å². The first-order valence-corrected chi connectivity index (χ1v) is 7.47. The van der Waals surface area contributed by atoms with Gasteiger partial charge in [0.05, 0.1) is 18.4 Å². The van der Waals surface area contributed by atoms with Gasteiger partial charge in [-0.1, -0.05) is 0 Å². The number of nitrogens with one attached hydrogen (secondary N) is 2. The molecule has 0 saturated carbocycles. The molecule has 1 rings (SSSR count). The second kappa shape index (κ2) is 6.44. The lowest BCUT2D eigenvalue weighted by Crippen LogP contribution is -2.42. The molecule has 8 nitrogen and oxygen atoms in total. The molecule has 0 heterocycles. The summed E-state index contributed by atoms with van der Waals surface area (Å²) in [6.45, 7) is 3.37. The number of sulfonamides is 1. The average Bonchev–Trinajstić information content (AvgIpc) is 2.35. The van der Waals surface area contributed by atoms with Crippen LogP contribution in [0, 0.1) is 0 Å². The molecule has 0 atom stereocenters. The normalized spacial score (nSPS) is 11.0. The van der Waals surface area contributed by atoms with Gasteiger partial charge in [0, 0.05) is 6.04 Å². The van der Waals surface area contributed by atoms with Crippen molar-refractivity contribution < 1.29 is 22.7 Å². The molecule has 0 radical (unpaired) electrons. The van der Waals surface area contributed by atoms with E-state index in [1.54, 1.807) is 13.8 Å². The Morgan fingerprint density at radius 2 is 1.90 bits per heavy atom. The molecular weight excluding hydrogens is 298 g/mol. The summed E-state index contributed by atoms with van der Waals surface area (Å²) >= 11 is 0. The van der Waals surface area contributed by atoms with Crippen LogP contribution in [0.4, 0.5) is 10.5 Å². The average molecular weight is 315 g/mol. The molecular formula is C12H17N3O5S. The minimum absolute atomic E-state index is 0.112. The highest BCUT2D eigenvalue weighted by atomic mass is 32.2. The molecule has 9 heteroatoms. The van der Waals surface area contributed by atoms with E-state index in [1.165, 1.54) is 19.2 Å². The zero-order valence-corrected chi connectivity index (χ0v) is 12.7. The molecule has 116 valence electrons. The van der Waals surface area contributed by atoms with E-state index in [1.807, 2.05) is 4.72 Å². The Balaban J connectivity index is 3.04. The Bertz CT molecular complexity index is 655. The zero-order chi connectivity index (χ0) is 16.2. The third kappa shape index (κ3) is 4.35. The molecule has 2 amide bonds. The van der Waals surface area contributed by atoms with E-state index in [2.05, 4.69) is 10.1 Å². The van der Waals surface area contributed by atoms with Crippen LogP contribution in [0.5, 0.6) is 0 Å². The number of nitrogen functional groups attached to an aromatic ring is 1. The predicted octanol–water partition coefficient (Wildman–Crippen LogP) is 0.452. The van der Waals surface area contributed by atoms with E-state index in [0.717, 1.165) is 6.07 Å². The maximum atomic E-state index is 12.0. The Hall–Kier alpha value is -2.29. The Labute approximate surface area is 122 Å². The summed E-state index contributed by atoms with van der Waals surface area (Å²) in [6.07, 6.45) is 0. The van der Waals surface area contributed by atoms with Crippen LogP contribution in [-0.4, -0.2) is 33.6 Å². The molecule has 0 saturated heterocycles. The summed E-state index contributed by atoms with van der Waals surface area (Å²) in [5, 5.41) is 2.38. The molecule has 21 heavy (non-hydrogen) atoms. The molecule has 0 aliphatic rings. The second-order valence-corrected chi connectivity index (χ2v) is 6.13. The standard InChI is InChI=1S/C12H17N3O5S/c1-7(2)14-12(17)15-21(18,19)10-5-4-8(6-9(10)13)11(16)20-3/h4-7H,13H2,1-3H3,(H2,14,15,17). The van der Waals surface area contributed by atoms with Crippen molar-refractivity contribution in [1.29, 1.82) is 0 Å². The monoisotopic (exact) mass is 315 g/mol. The number of esters is 1. The minimum atomic E-state index is -4.12. The maximum absolute atomic E-state index is 12.0. The van der Waals surface area contributed by atoms with E-state index in [4.69, 9.17) is 5.73 Å². The van der Waals surface area contributed by atoms with Gasteiger partial charge in [0.2, 0.25) is 0 Å². The van der Waals surface area contributed by atoms with Crippen molar-refractivity contribution in [2.75, 3.05) is 12.8 Å². The highest BCUT2D eigenvalue weighted by Crippen LogP contribution is 2.20. The van der Waals surface area contributed by atoms with Crippen molar-refractivity contribution in [1.82, 2.24) is 10.0 Å². The van der Waals surface area contributed by atoms with E-state index in [9.17, 15) is 18.0 Å². The van der Waals surface area contributed by atoms with Gasteiger partial charge in [-0.05, 0) is 32.0 Å². The van der Waals surface area contributed by atoms with Gasteiger partial charge in [-0.2, -0.15) is 0 Å². The molecule has 0 aromatic heterocycles. The number of hydrogen-bond acceptors (Lipinski definition) is 6. The Morgan fingerprint density at radius 3 is 2.38 bits per heavy atom. The number of nitrogens with two attached hydrogens (primary N) is 1. The van der Waals surface area contributed by atoms with E-state index in [-0.39, 0.29) is 22.2 Å². The van der Waals surface area contributed by atoms with Gasteiger partial charge in [-0.25, -0.2) is 22.7 Å². The van der Waals surface area contributed by atoms with Gasteiger partial charge in [-0.3, -0.25) is 0 Å². The summed E-state index contributed by atoms with van der Waals surface area (Å²) in [4.78, 5) is 22.5. The fourth-order valence-corrected chi connectivity index (χ4v) is 2.54. The smallest absolute Gasteiger partial charge is 0.337 e. The second-order valence-electron chi connectivity index (χ2n) is 4.48. The van der Waals surface area contributed by atoms with Crippen molar-refractivity contribution in [3.8, 4) is 0 Å². The zero-order valence-electron chi connectivity index (χ0n) is 11.8. The van der Waals surface area contributed by atoms with Crippen molar-refractivity contribution in [3.05, 3.63) is 23.8 Å². The van der Waals surface area contributed by atoms with Gasteiger partial charge < -0.3 is 15.8 Å². The van der Waals surface area contributed by atoms with Crippen LogP contribution in [0.25, 0.3) is 0 Å². The van der Waals surface area contributed by atoms with Crippen LogP contribution in [0.15, 0.2) is 23.1 Å². The van der Waals surface area contributed by atoms with Gasteiger partial charge in [-0.15, -0.1) is 0 Å². The summed E-state index contributed by atoms with van der Waals surface area (Å²) < 4.78 is 30.4. The SMILES string of the molecule is COC(=O)c1ccc(S(=O)(=O)NC(=O)NC(C)C)c(N)c1. The molecule has 0 unspecified atom stereocenters. The topological polar surface area (TPSA) is 128 Å². The number of anilines is 1. The van der Waals surface area contributed by atoms with Gasteiger partial charge >= 0.3 is 12.0 Å². The number of methoxy groups -OCH3 is 1. The predicted molar refractivity (Wildman–Crippen MR) is 76.2 cm³/mol. The molecule has 0 bridgehead atoms. The number of hydrogen-bond donors (Lipinski definition) is 3. The highest BCUT2D eigenvalue weighted by molar-refractivity contribution is 7.90. The summed E-state index contributed by atoms with van der Waals surface area (Å²) in [5.74, 6) is -0.642. The lowest BCUT2D eigenvalue weighted by Gasteiger charge is -2.12. The summed E-state index contributed by atoms with van der Waals surface area (Å²) in [7, 11) is -2.93. The minimum Gasteiger partial charge on any atom is -0.465 e. The molecule has 0 fully saturated rings. The van der Waals surface area contributed by atoms with Crippen LogP contribution >= 0.6 is 0 Å². The fraction of sp³-hybridized carbons (Fsp3) is 0.333. The van der Waals surface area contributed by atoms with Crippen LogP contribution in [0.2, 0.25) is 0 Å². The Morgan fingerprint density at radius 1 is 1.29 bits per heavy atom. The van der Waals surface area contributed by atoms with Crippen LogP contribution < -0.4 is 15.8 Å². The summed E-state index contributed by atoms with van der Waals surface area (Å²) in [5.41, 5.74) is 5.57. The van der Waals surface area contributed by atoms with Gasteiger partial charge in [0.1, 0.15) is 4.90 Å². The number of amides is 2. The molecule has 1 aromatic carbocycles. The third-order valence-electron chi connectivity index (χ3n) is 2.37. The van der Waals surface area contributed by atoms with Gasteiger partial charge in [0.15, 0.2) is 0 Å². The number of urea groups is 1. The molecule has 4 N–H and O–H groups in total. The number of benzene rings is 1. The fourth-order valence-electron chi connectivity index (χ4n) is 1.51. The first-order chi connectivity index (χ1) is 9.67. The largest absolute Gasteiger partial charge is 0.465 e. The van der Waals surface area contributed by atoms with E-state index >= 15 is 0 Å². The van der Waals surface area contributed by atoms with Crippen molar-refractivity contribution in [2.24, 2.45) is 0 Å². The quantitative estimate of drug-likeness (QED) is 0.547. The van der Waals surface area contributed by atoms with E-state index in [0.29, 0.717) is 0 Å². The maximum Gasteiger partial charge on any atom is 0.337 e.